The Bertz CT molecular complexity index is 1100. The molecule has 172 valence electrons. The number of carbonyl (C=O) groups is 1. The first-order valence-electron chi connectivity index (χ1n) is 11.4. The van der Waals surface area contributed by atoms with Crippen LogP contribution in [0.5, 0.6) is 17.2 Å². The third kappa shape index (κ3) is 5.12. The maximum absolute atomic E-state index is 13.8. The Hall–Kier alpha value is -3.51. The van der Waals surface area contributed by atoms with Crippen molar-refractivity contribution in [2.75, 3.05) is 6.54 Å². The van der Waals surface area contributed by atoms with Crippen LogP contribution in [0.25, 0.3) is 0 Å². The third-order valence-electron chi connectivity index (χ3n) is 6.09. The lowest BCUT2D eigenvalue weighted by Crippen LogP contribution is -2.30. The van der Waals surface area contributed by atoms with Gasteiger partial charge in [0.1, 0.15) is 29.4 Å². The molecule has 3 aromatic carbocycles. The molecular weight excluding hydrogens is 416 g/mol. The van der Waals surface area contributed by atoms with E-state index in [0.717, 1.165) is 42.4 Å². The number of fused-ring (bicyclic) bond motifs is 1. The molecule has 1 aliphatic heterocycles. The van der Waals surface area contributed by atoms with Gasteiger partial charge in [0.2, 0.25) is 0 Å². The highest BCUT2D eigenvalue weighted by Gasteiger charge is 2.36. The Morgan fingerprint density at radius 2 is 1.76 bits per heavy atom. The molecular formula is C27H30N2O4. The number of aromatic hydroxyl groups is 2. The number of nitrogens with two attached hydrogens (primary N) is 1. The fourth-order valence-corrected chi connectivity index (χ4v) is 4.44. The molecule has 6 heteroatoms. The highest BCUT2D eigenvalue weighted by atomic mass is 16.5. The average molecular weight is 447 g/mol. The predicted octanol–water partition coefficient (Wildman–Crippen LogP) is 4.89. The van der Waals surface area contributed by atoms with Crippen molar-refractivity contribution in [3.63, 3.8) is 0 Å². The Balaban J connectivity index is 1.61. The Labute approximate surface area is 194 Å². The molecule has 0 bridgehead atoms. The van der Waals surface area contributed by atoms with Crippen LogP contribution < -0.4 is 10.5 Å². The fraction of sp³-hybridized carbons (Fsp3) is 0.296. The van der Waals surface area contributed by atoms with Crippen molar-refractivity contribution in [3.8, 4) is 17.2 Å². The number of benzene rings is 3. The van der Waals surface area contributed by atoms with Crippen molar-refractivity contribution in [1.29, 1.82) is 0 Å². The van der Waals surface area contributed by atoms with Gasteiger partial charge in [-0.15, -0.1) is 0 Å². The summed E-state index contributed by atoms with van der Waals surface area (Å²) in [7, 11) is 0. The molecule has 0 aliphatic carbocycles. The molecule has 0 saturated carbocycles. The van der Waals surface area contributed by atoms with Crippen molar-refractivity contribution in [1.82, 2.24) is 4.90 Å². The van der Waals surface area contributed by atoms with E-state index in [4.69, 9.17) is 10.5 Å². The van der Waals surface area contributed by atoms with Gasteiger partial charge in [-0.3, -0.25) is 4.79 Å². The molecule has 1 heterocycles. The number of unbranched alkanes of at least 4 members (excludes halogenated alkanes) is 2. The van der Waals surface area contributed by atoms with E-state index < -0.39 is 0 Å². The van der Waals surface area contributed by atoms with Crippen LogP contribution in [0.2, 0.25) is 0 Å². The standard InChI is InChI=1S/C27H30N2O4/c28-14-8-2-5-13-23-22-12-7-6-11-20(22)17-29(23)27(32)26-24(31)15-21(30)16-25(26)33-18-19-9-3-1-4-10-19/h1,3-4,6-7,9-12,15-16,23,30-31H,2,5,8,13-14,17-18,28H2. The first kappa shape index (κ1) is 22.7. The lowest BCUT2D eigenvalue weighted by Gasteiger charge is -2.27. The minimum atomic E-state index is -0.310. The van der Waals surface area contributed by atoms with Gasteiger partial charge in [-0.25, -0.2) is 0 Å². The lowest BCUT2D eigenvalue weighted by atomic mass is 9.99. The van der Waals surface area contributed by atoms with E-state index in [1.54, 1.807) is 4.90 Å². The predicted molar refractivity (Wildman–Crippen MR) is 127 cm³/mol. The van der Waals surface area contributed by atoms with Crippen LogP contribution in [-0.2, 0) is 13.2 Å². The van der Waals surface area contributed by atoms with Gasteiger partial charge >= 0.3 is 0 Å². The van der Waals surface area contributed by atoms with Gasteiger partial charge in [0.15, 0.2) is 0 Å². The largest absolute Gasteiger partial charge is 0.508 e. The molecule has 1 unspecified atom stereocenters. The lowest BCUT2D eigenvalue weighted by molar-refractivity contribution is 0.0672. The van der Waals surface area contributed by atoms with Crippen LogP contribution in [0, 0.1) is 0 Å². The van der Waals surface area contributed by atoms with E-state index >= 15 is 0 Å². The number of hydrogen-bond acceptors (Lipinski definition) is 5. The third-order valence-corrected chi connectivity index (χ3v) is 6.09. The average Bonchev–Trinajstić information content (AvgIpc) is 3.19. The summed E-state index contributed by atoms with van der Waals surface area (Å²) in [4.78, 5) is 15.6. The molecule has 0 aromatic heterocycles. The van der Waals surface area contributed by atoms with Crippen LogP contribution in [0.1, 0.15) is 58.8 Å². The number of ether oxygens (including phenoxy) is 1. The SMILES string of the molecule is NCCCCCC1c2ccccc2CN1C(=O)c1c(O)cc(O)cc1OCc1ccccc1. The van der Waals surface area contributed by atoms with Crippen molar-refractivity contribution in [2.24, 2.45) is 5.73 Å². The zero-order chi connectivity index (χ0) is 23.2. The topological polar surface area (TPSA) is 96.0 Å². The highest BCUT2D eigenvalue weighted by Crippen LogP contribution is 2.41. The fourth-order valence-electron chi connectivity index (χ4n) is 4.44. The van der Waals surface area contributed by atoms with Crippen molar-refractivity contribution in [2.45, 2.75) is 44.9 Å². The molecule has 6 nitrogen and oxygen atoms in total. The molecule has 0 radical (unpaired) electrons. The summed E-state index contributed by atoms with van der Waals surface area (Å²) in [5, 5.41) is 20.7. The molecule has 1 aliphatic rings. The number of phenolic OH excluding ortho intramolecular Hbond substituents is 2. The summed E-state index contributed by atoms with van der Waals surface area (Å²) in [6, 6.07) is 20.1. The molecule has 1 atom stereocenters. The molecule has 4 rings (SSSR count). The summed E-state index contributed by atoms with van der Waals surface area (Å²) in [6.07, 6.45) is 3.74. The second-order valence-electron chi connectivity index (χ2n) is 8.40. The Kier molecular flexibility index (Phi) is 7.15. The monoisotopic (exact) mass is 446 g/mol. The maximum atomic E-state index is 13.8. The molecule has 0 fully saturated rings. The second kappa shape index (κ2) is 10.4. The first-order chi connectivity index (χ1) is 16.1. The Morgan fingerprint density at radius 1 is 1.00 bits per heavy atom. The number of phenols is 2. The zero-order valence-corrected chi connectivity index (χ0v) is 18.6. The van der Waals surface area contributed by atoms with Gasteiger partial charge in [-0.2, -0.15) is 0 Å². The summed E-state index contributed by atoms with van der Waals surface area (Å²) in [6.45, 7) is 1.34. The van der Waals surface area contributed by atoms with Crippen molar-refractivity contribution in [3.05, 3.63) is 89.0 Å². The minimum Gasteiger partial charge on any atom is -0.508 e. The van der Waals surface area contributed by atoms with Crippen LogP contribution in [0.3, 0.4) is 0 Å². The zero-order valence-electron chi connectivity index (χ0n) is 18.6. The van der Waals surface area contributed by atoms with E-state index in [0.29, 0.717) is 13.1 Å². The molecule has 3 aromatic rings. The summed E-state index contributed by atoms with van der Waals surface area (Å²) in [5.41, 5.74) is 8.89. The van der Waals surface area contributed by atoms with E-state index in [1.807, 2.05) is 48.5 Å². The van der Waals surface area contributed by atoms with Gasteiger partial charge in [0.25, 0.3) is 5.91 Å². The summed E-state index contributed by atoms with van der Waals surface area (Å²) in [5.74, 6) is -0.592. The summed E-state index contributed by atoms with van der Waals surface area (Å²) < 4.78 is 5.91. The van der Waals surface area contributed by atoms with Crippen LogP contribution >= 0.6 is 0 Å². The van der Waals surface area contributed by atoms with Gasteiger partial charge in [-0.05, 0) is 36.1 Å². The Morgan fingerprint density at radius 3 is 2.55 bits per heavy atom. The van der Waals surface area contributed by atoms with E-state index in [1.165, 1.54) is 12.1 Å². The number of hydrogen-bond donors (Lipinski definition) is 3. The van der Waals surface area contributed by atoms with Gasteiger partial charge in [0.05, 0.1) is 6.04 Å². The number of nitrogens with zero attached hydrogens (tertiary/aromatic N) is 1. The van der Waals surface area contributed by atoms with Crippen LogP contribution in [0.15, 0.2) is 66.7 Å². The van der Waals surface area contributed by atoms with Crippen molar-refractivity contribution < 1.29 is 19.7 Å². The molecule has 33 heavy (non-hydrogen) atoms. The maximum Gasteiger partial charge on any atom is 0.262 e. The highest BCUT2D eigenvalue weighted by molar-refractivity contribution is 6.00. The minimum absolute atomic E-state index is 0.0727. The second-order valence-corrected chi connectivity index (χ2v) is 8.40. The number of rotatable bonds is 9. The molecule has 4 N–H and O–H groups in total. The van der Waals surface area contributed by atoms with Crippen LogP contribution in [0.4, 0.5) is 0 Å². The normalized spacial score (nSPS) is 14.8. The molecule has 0 saturated heterocycles. The number of carbonyl (C=O) groups excluding carboxylic acids is 1. The molecule has 0 spiro atoms. The van der Waals surface area contributed by atoms with E-state index in [9.17, 15) is 15.0 Å². The smallest absolute Gasteiger partial charge is 0.262 e. The van der Waals surface area contributed by atoms with E-state index in [-0.39, 0.29) is 41.4 Å². The van der Waals surface area contributed by atoms with Crippen LogP contribution in [-0.4, -0.2) is 27.6 Å². The van der Waals surface area contributed by atoms with Gasteiger partial charge in [0, 0.05) is 18.7 Å². The quantitative estimate of drug-likeness (QED) is 0.407. The van der Waals surface area contributed by atoms with Gasteiger partial charge in [-0.1, -0.05) is 67.4 Å². The van der Waals surface area contributed by atoms with E-state index in [2.05, 4.69) is 6.07 Å². The number of amides is 1. The van der Waals surface area contributed by atoms with Crippen molar-refractivity contribution >= 4 is 5.91 Å². The molecule has 1 amide bonds. The summed E-state index contributed by atoms with van der Waals surface area (Å²) >= 11 is 0. The van der Waals surface area contributed by atoms with Gasteiger partial charge < -0.3 is 25.6 Å². The first-order valence-corrected chi connectivity index (χ1v) is 11.4.